The average Bonchev–Trinajstić information content (AvgIpc) is 2.66. The number of likely N-dealkylation sites (tertiary alicyclic amines) is 1. The molecule has 2 nitrogen and oxygen atoms in total. The van der Waals surface area contributed by atoms with E-state index in [1.54, 1.807) is 0 Å². The normalized spacial score (nSPS) is 27.7. The Labute approximate surface area is 68.1 Å². The molecule has 11 heavy (non-hydrogen) atoms. The van der Waals surface area contributed by atoms with E-state index in [4.69, 9.17) is 5.73 Å². The molecule has 0 atom stereocenters. The summed E-state index contributed by atoms with van der Waals surface area (Å²) in [6.45, 7) is 4.46. The lowest BCUT2D eigenvalue weighted by Crippen LogP contribution is -2.48. The molecule has 2 aliphatic rings. The van der Waals surface area contributed by atoms with Gasteiger partial charge in [0.1, 0.15) is 0 Å². The molecular formula is C9H16N2. The minimum Gasteiger partial charge on any atom is -0.327 e. The Hall–Kier alpha value is -0.340. The van der Waals surface area contributed by atoms with E-state index in [0.29, 0.717) is 6.54 Å². The molecule has 1 aliphatic heterocycles. The number of hydrogen-bond donors (Lipinski definition) is 1. The second-order valence-electron chi connectivity index (χ2n) is 3.88. The summed E-state index contributed by atoms with van der Waals surface area (Å²) in [6.07, 6.45) is 7.17. The molecule has 0 unspecified atom stereocenters. The molecule has 1 spiro atoms. The molecular weight excluding hydrogens is 136 g/mol. The Bertz CT molecular complexity index is 162. The third-order valence-corrected chi connectivity index (χ3v) is 2.74. The molecule has 0 aromatic rings. The van der Waals surface area contributed by atoms with Crippen molar-refractivity contribution in [2.75, 3.05) is 26.2 Å². The highest BCUT2D eigenvalue weighted by Gasteiger charge is 2.51. The van der Waals surface area contributed by atoms with Gasteiger partial charge in [0.25, 0.3) is 0 Å². The lowest BCUT2D eigenvalue weighted by atomic mass is 9.97. The van der Waals surface area contributed by atoms with Crippen molar-refractivity contribution >= 4 is 0 Å². The van der Waals surface area contributed by atoms with Crippen LogP contribution < -0.4 is 5.73 Å². The zero-order chi connectivity index (χ0) is 7.73. The van der Waals surface area contributed by atoms with Crippen LogP contribution in [0.4, 0.5) is 0 Å². The van der Waals surface area contributed by atoms with E-state index in [2.05, 4.69) is 11.0 Å². The summed E-state index contributed by atoms with van der Waals surface area (Å²) in [5.74, 6) is 0. The monoisotopic (exact) mass is 152 g/mol. The number of nitrogens with zero attached hydrogens (tertiary/aromatic N) is 1. The largest absolute Gasteiger partial charge is 0.327 e. The maximum atomic E-state index is 5.33. The summed E-state index contributed by atoms with van der Waals surface area (Å²) in [7, 11) is 0. The smallest absolute Gasteiger partial charge is 0.0164 e. The van der Waals surface area contributed by atoms with Crippen LogP contribution in [-0.2, 0) is 0 Å². The van der Waals surface area contributed by atoms with Crippen LogP contribution in [0.1, 0.15) is 12.8 Å². The van der Waals surface area contributed by atoms with E-state index in [9.17, 15) is 0 Å². The summed E-state index contributed by atoms with van der Waals surface area (Å²) in [5.41, 5.74) is 6.14. The summed E-state index contributed by atoms with van der Waals surface area (Å²) < 4.78 is 0. The quantitative estimate of drug-likeness (QED) is 0.600. The number of nitrogens with two attached hydrogens (primary N) is 1. The summed E-state index contributed by atoms with van der Waals surface area (Å²) in [6, 6.07) is 0. The van der Waals surface area contributed by atoms with Crippen molar-refractivity contribution in [3.8, 4) is 0 Å². The first kappa shape index (κ1) is 7.32. The summed E-state index contributed by atoms with van der Waals surface area (Å²) >= 11 is 0. The van der Waals surface area contributed by atoms with E-state index < -0.39 is 0 Å². The van der Waals surface area contributed by atoms with Gasteiger partial charge in [-0.15, -0.1) is 0 Å². The maximum Gasteiger partial charge on any atom is 0.0164 e. The minimum atomic E-state index is 0.680. The third kappa shape index (κ3) is 1.47. The van der Waals surface area contributed by atoms with Gasteiger partial charge in [0.05, 0.1) is 0 Å². The van der Waals surface area contributed by atoms with E-state index in [1.807, 2.05) is 6.08 Å². The van der Waals surface area contributed by atoms with Crippen LogP contribution in [0.15, 0.2) is 12.2 Å². The van der Waals surface area contributed by atoms with Crippen molar-refractivity contribution < 1.29 is 0 Å². The van der Waals surface area contributed by atoms with Crippen LogP contribution in [0.5, 0.6) is 0 Å². The highest BCUT2D eigenvalue weighted by molar-refractivity contribution is 5.06. The highest BCUT2D eigenvalue weighted by Crippen LogP contribution is 2.52. The second kappa shape index (κ2) is 2.61. The molecule has 0 aromatic heterocycles. The fraction of sp³-hybridized carbons (Fsp3) is 0.778. The van der Waals surface area contributed by atoms with Gasteiger partial charge in [-0.25, -0.2) is 0 Å². The van der Waals surface area contributed by atoms with Gasteiger partial charge in [0.2, 0.25) is 0 Å². The topological polar surface area (TPSA) is 29.3 Å². The second-order valence-corrected chi connectivity index (χ2v) is 3.88. The van der Waals surface area contributed by atoms with Crippen molar-refractivity contribution in [1.82, 2.24) is 4.90 Å². The van der Waals surface area contributed by atoms with Crippen molar-refractivity contribution in [2.24, 2.45) is 11.1 Å². The van der Waals surface area contributed by atoms with Crippen LogP contribution in [-0.4, -0.2) is 31.1 Å². The van der Waals surface area contributed by atoms with Crippen LogP contribution in [0, 0.1) is 5.41 Å². The molecule has 1 saturated carbocycles. The highest BCUT2D eigenvalue weighted by atomic mass is 15.2. The molecule has 1 heterocycles. The van der Waals surface area contributed by atoms with E-state index >= 15 is 0 Å². The lowest BCUT2D eigenvalue weighted by molar-refractivity contribution is 0.0960. The first-order valence-corrected chi connectivity index (χ1v) is 4.42. The van der Waals surface area contributed by atoms with Crippen molar-refractivity contribution in [2.45, 2.75) is 12.8 Å². The summed E-state index contributed by atoms with van der Waals surface area (Å²) in [4.78, 5) is 2.49. The molecule has 0 aromatic carbocycles. The first-order chi connectivity index (χ1) is 5.35. The fourth-order valence-electron chi connectivity index (χ4n) is 1.84. The average molecular weight is 152 g/mol. The standard InChI is InChI=1S/C9H16N2/c10-5-1-2-6-11-7-9(8-11)3-4-9/h1-2H,3-8,10H2/b2-1+. The SMILES string of the molecule is NC/C=C/CN1CC2(CC2)C1. The van der Waals surface area contributed by atoms with Crippen molar-refractivity contribution in [1.29, 1.82) is 0 Å². The number of hydrogen-bond acceptors (Lipinski definition) is 2. The molecule has 62 valence electrons. The van der Waals surface area contributed by atoms with Crippen LogP contribution in [0.25, 0.3) is 0 Å². The van der Waals surface area contributed by atoms with Gasteiger partial charge in [0.15, 0.2) is 0 Å². The van der Waals surface area contributed by atoms with Crippen LogP contribution in [0.2, 0.25) is 0 Å². The van der Waals surface area contributed by atoms with Gasteiger partial charge >= 0.3 is 0 Å². The van der Waals surface area contributed by atoms with Gasteiger partial charge in [0, 0.05) is 26.2 Å². The zero-order valence-corrected chi connectivity index (χ0v) is 6.92. The zero-order valence-electron chi connectivity index (χ0n) is 6.92. The molecule has 0 bridgehead atoms. The molecule has 2 N–H and O–H groups in total. The Morgan fingerprint density at radius 2 is 2.00 bits per heavy atom. The van der Waals surface area contributed by atoms with Crippen LogP contribution >= 0.6 is 0 Å². The molecule has 1 saturated heterocycles. The molecule has 2 rings (SSSR count). The molecule has 0 amide bonds. The van der Waals surface area contributed by atoms with Gasteiger partial charge in [-0.2, -0.15) is 0 Å². The van der Waals surface area contributed by atoms with E-state index in [0.717, 1.165) is 12.0 Å². The number of rotatable bonds is 3. The van der Waals surface area contributed by atoms with Gasteiger partial charge in [-0.1, -0.05) is 12.2 Å². The minimum absolute atomic E-state index is 0.680. The van der Waals surface area contributed by atoms with Crippen molar-refractivity contribution in [3.63, 3.8) is 0 Å². The Balaban J connectivity index is 1.63. The van der Waals surface area contributed by atoms with Gasteiger partial charge in [-0.05, 0) is 18.3 Å². The Morgan fingerprint density at radius 3 is 2.55 bits per heavy atom. The summed E-state index contributed by atoms with van der Waals surface area (Å²) in [5, 5.41) is 0. The predicted octanol–water partition coefficient (Wildman–Crippen LogP) is 0.597. The van der Waals surface area contributed by atoms with Crippen LogP contribution in [0.3, 0.4) is 0 Å². The molecule has 2 fully saturated rings. The Morgan fingerprint density at radius 1 is 1.27 bits per heavy atom. The van der Waals surface area contributed by atoms with Gasteiger partial charge < -0.3 is 5.73 Å². The maximum absolute atomic E-state index is 5.33. The van der Waals surface area contributed by atoms with E-state index in [1.165, 1.54) is 25.9 Å². The van der Waals surface area contributed by atoms with E-state index in [-0.39, 0.29) is 0 Å². The Kier molecular flexibility index (Phi) is 1.74. The predicted molar refractivity (Wildman–Crippen MR) is 46.3 cm³/mol. The van der Waals surface area contributed by atoms with Gasteiger partial charge in [-0.3, -0.25) is 4.90 Å². The van der Waals surface area contributed by atoms with Crippen molar-refractivity contribution in [3.05, 3.63) is 12.2 Å². The first-order valence-electron chi connectivity index (χ1n) is 4.42. The molecule has 2 heteroatoms. The third-order valence-electron chi connectivity index (χ3n) is 2.74. The molecule has 0 radical (unpaired) electrons. The molecule has 1 aliphatic carbocycles. The fourth-order valence-corrected chi connectivity index (χ4v) is 1.84. The lowest BCUT2D eigenvalue weighted by Gasteiger charge is -2.39.